The number of rotatable bonds is 4. The van der Waals surface area contributed by atoms with Gasteiger partial charge in [-0.3, -0.25) is 4.79 Å². The quantitative estimate of drug-likeness (QED) is 0.541. The summed E-state index contributed by atoms with van der Waals surface area (Å²) in [5, 5.41) is 4.09. The molecule has 2 heterocycles. The molecule has 0 amide bonds. The van der Waals surface area contributed by atoms with E-state index in [4.69, 9.17) is 0 Å². The zero-order valence-corrected chi connectivity index (χ0v) is 15.6. The van der Waals surface area contributed by atoms with Crippen molar-refractivity contribution in [1.82, 2.24) is 15.0 Å². The predicted molar refractivity (Wildman–Crippen MR) is 109 cm³/mol. The number of nitrogens with one attached hydrogen (secondary N) is 2. The number of aromatic nitrogens is 3. The van der Waals surface area contributed by atoms with Crippen LogP contribution in [0.2, 0.25) is 0 Å². The van der Waals surface area contributed by atoms with Gasteiger partial charge in [-0.1, -0.05) is 25.1 Å². The van der Waals surface area contributed by atoms with E-state index in [-0.39, 0.29) is 11.4 Å². The molecule has 4 aromatic rings. The second-order valence-corrected chi connectivity index (χ2v) is 6.62. The molecule has 5 nitrogen and oxygen atoms in total. The summed E-state index contributed by atoms with van der Waals surface area (Å²) < 4.78 is 13.2. The monoisotopic (exact) mass is 374 g/mol. The lowest BCUT2D eigenvalue weighted by molar-refractivity contribution is 0.628. The van der Waals surface area contributed by atoms with Crippen molar-refractivity contribution in [2.24, 2.45) is 0 Å². The molecule has 2 N–H and O–H groups in total. The first-order chi connectivity index (χ1) is 13.5. The Morgan fingerprint density at radius 2 is 1.79 bits per heavy atom. The van der Waals surface area contributed by atoms with Gasteiger partial charge in [-0.15, -0.1) is 0 Å². The maximum atomic E-state index is 13.2. The Balaban J connectivity index is 1.71. The molecule has 0 unspecified atom stereocenters. The van der Waals surface area contributed by atoms with Gasteiger partial charge >= 0.3 is 0 Å². The third-order valence-corrected chi connectivity index (χ3v) is 4.63. The highest BCUT2D eigenvalue weighted by molar-refractivity contribution is 5.83. The van der Waals surface area contributed by atoms with Crippen molar-refractivity contribution in [3.05, 3.63) is 82.0 Å². The van der Waals surface area contributed by atoms with Crippen LogP contribution < -0.4 is 10.9 Å². The molecule has 4 rings (SSSR count). The van der Waals surface area contributed by atoms with E-state index in [0.29, 0.717) is 17.3 Å². The van der Waals surface area contributed by atoms with Crippen molar-refractivity contribution in [1.29, 1.82) is 0 Å². The number of pyridine rings is 1. The summed E-state index contributed by atoms with van der Waals surface area (Å²) in [5.41, 5.74) is 4.09. The number of aryl methyl sites for hydroxylation is 2. The molecule has 0 aliphatic carbocycles. The van der Waals surface area contributed by atoms with Gasteiger partial charge in [0.1, 0.15) is 11.6 Å². The molecule has 2 aromatic carbocycles. The molecule has 0 aliphatic heterocycles. The fourth-order valence-electron chi connectivity index (χ4n) is 3.14. The lowest BCUT2D eigenvalue weighted by Crippen LogP contribution is -2.09. The maximum Gasteiger partial charge on any atom is 0.250 e. The molecule has 0 aliphatic rings. The molecule has 0 radical (unpaired) electrons. The molecule has 6 heteroatoms. The van der Waals surface area contributed by atoms with E-state index in [1.165, 1.54) is 23.8 Å². The average Bonchev–Trinajstić information content (AvgIpc) is 2.68. The van der Waals surface area contributed by atoms with E-state index in [2.05, 4.69) is 39.3 Å². The van der Waals surface area contributed by atoms with Crippen molar-refractivity contribution >= 4 is 22.7 Å². The van der Waals surface area contributed by atoms with Crippen molar-refractivity contribution < 1.29 is 4.39 Å². The zero-order chi connectivity index (χ0) is 19.7. The fraction of sp³-hybridized carbons (Fsp3) is 0.136. The Labute approximate surface area is 161 Å². The number of H-pyrrole nitrogens is 1. The second kappa shape index (κ2) is 7.23. The Bertz CT molecular complexity index is 1220. The average molecular weight is 374 g/mol. The smallest absolute Gasteiger partial charge is 0.250 e. The standard InChI is InChI=1S/C22H19FN4O/c1-3-14-4-9-19-18(10-14)13(2)24-22(25-19)27-20-11-16(12-21(28)26-20)15-5-7-17(23)8-6-15/h4-12H,3H2,1-2H3,(H2,24,25,26,27,28). The van der Waals surface area contributed by atoms with Gasteiger partial charge in [0, 0.05) is 11.5 Å². The summed E-state index contributed by atoms with van der Waals surface area (Å²) in [4.78, 5) is 23.9. The summed E-state index contributed by atoms with van der Waals surface area (Å²) in [6.45, 7) is 4.05. The van der Waals surface area contributed by atoms with E-state index in [9.17, 15) is 9.18 Å². The Hall–Kier alpha value is -3.54. The van der Waals surface area contributed by atoms with Crippen LogP contribution in [-0.2, 0) is 6.42 Å². The second-order valence-electron chi connectivity index (χ2n) is 6.62. The fourth-order valence-corrected chi connectivity index (χ4v) is 3.14. The van der Waals surface area contributed by atoms with Gasteiger partial charge in [-0.05, 0) is 60.4 Å². The van der Waals surface area contributed by atoms with Crippen LogP contribution in [0.3, 0.4) is 0 Å². The number of halogens is 1. The first-order valence-corrected chi connectivity index (χ1v) is 9.06. The molecule has 0 saturated heterocycles. The van der Waals surface area contributed by atoms with Crippen molar-refractivity contribution in [2.75, 3.05) is 5.32 Å². The van der Waals surface area contributed by atoms with Crippen LogP contribution >= 0.6 is 0 Å². The number of nitrogens with zero attached hydrogens (tertiary/aromatic N) is 2. The van der Waals surface area contributed by atoms with E-state index in [1.807, 2.05) is 13.0 Å². The van der Waals surface area contributed by atoms with Crippen molar-refractivity contribution in [2.45, 2.75) is 20.3 Å². The topological polar surface area (TPSA) is 70.7 Å². The van der Waals surface area contributed by atoms with Gasteiger partial charge in [-0.25, -0.2) is 14.4 Å². The third-order valence-electron chi connectivity index (χ3n) is 4.63. The SMILES string of the molecule is CCc1ccc2nc(Nc3cc(-c4ccc(F)cc4)cc(=O)[nH]3)nc(C)c2c1. The molecule has 0 saturated carbocycles. The normalized spacial score (nSPS) is 11.0. The molecule has 0 atom stereocenters. The number of benzene rings is 2. The molecule has 2 aromatic heterocycles. The largest absolute Gasteiger partial charge is 0.310 e. The molecular weight excluding hydrogens is 355 g/mol. The van der Waals surface area contributed by atoms with Crippen LogP contribution in [0.4, 0.5) is 16.2 Å². The molecule has 140 valence electrons. The zero-order valence-electron chi connectivity index (χ0n) is 15.6. The van der Waals surface area contributed by atoms with Crippen LogP contribution in [0.15, 0.2) is 59.4 Å². The lowest BCUT2D eigenvalue weighted by Gasteiger charge is -2.10. The van der Waals surface area contributed by atoms with Crippen LogP contribution in [0.25, 0.3) is 22.0 Å². The molecule has 0 fully saturated rings. The number of anilines is 2. The molecular formula is C22H19FN4O. The van der Waals surface area contributed by atoms with Gasteiger partial charge in [0.25, 0.3) is 0 Å². The molecule has 0 bridgehead atoms. The lowest BCUT2D eigenvalue weighted by atomic mass is 10.1. The van der Waals surface area contributed by atoms with E-state index in [0.717, 1.165) is 28.6 Å². The highest BCUT2D eigenvalue weighted by Crippen LogP contribution is 2.23. The number of hydrogen-bond acceptors (Lipinski definition) is 4. The summed E-state index contributed by atoms with van der Waals surface area (Å²) in [7, 11) is 0. The summed E-state index contributed by atoms with van der Waals surface area (Å²) in [5.74, 6) is 0.551. The minimum atomic E-state index is -0.321. The highest BCUT2D eigenvalue weighted by Gasteiger charge is 2.08. The highest BCUT2D eigenvalue weighted by atomic mass is 19.1. The molecule has 0 spiro atoms. The van der Waals surface area contributed by atoms with Gasteiger partial charge < -0.3 is 10.3 Å². The van der Waals surface area contributed by atoms with Crippen LogP contribution in [-0.4, -0.2) is 15.0 Å². The van der Waals surface area contributed by atoms with Crippen molar-refractivity contribution in [3.8, 4) is 11.1 Å². The molecule has 28 heavy (non-hydrogen) atoms. The van der Waals surface area contributed by atoms with Crippen LogP contribution in [0, 0.1) is 12.7 Å². The van der Waals surface area contributed by atoms with Crippen molar-refractivity contribution in [3.63, 3.8) is 0 Å². The minimum absolute atomic E-state index is 0.269. The minimum Gasteiger partial charge on any atom is -0.310 e. The van der Waals surface area contributed by atoms with E-state index in [1.54, 1.807) is 18.2 Å². The van der Waals surface area contributed by atoms with Crippen LogP contribution in [0.5, 0.6) is 0 Å². The third kappa shape index (κ3) is 3.62. The van der Waals surface area contributed by atoms with E-state index >= 15 is 0 Å². The van der Waals surface area contributed by atoms with Gasteiger partial charge in [0.15, 0.2) is 0 Å². The maximum absolute atomic E-state index is 13.2. The summed E-state index contributed by atoms with van der Waals surface area (Å²) >= 11 is 0. The predicted octanol–water partition coefficient (Wildman–Crippen LogP) is 4.74. The Morgan fingerprint density at radius 3 is 2.54 bits per heavy atom. The van der Waals surface area contributed by atoms with E-state index < -0.39 is 0 Å². The number of fused-ring (bicyclic) bond motifs is 1. The Kier molecular flexibility index (Phi) is 4.61. The number of hydrogen-bond donors (Lipinski definition) is 2. The summed E-state index contributed by atoms with van der Waals surface area (Å²) in [6.07, 6.45) is 0.951. The number of aromatic amines is 1. The first kappa shape index (κ1) is 17.9. The van der Waals surface area contributed by atoms with Gasteiger partial charge in [0.2, 0.25) is 11.5 Å². The Morgan fingerprint density at radius 1 is 1.00 bits per heavy atom. The van der Waals surface area contributed by atoms with Gasteiger partial charge in [-0.2, -0.15) is 0 Å². The first-order valence-electron chi connectivity index (χ1n) is 9.06. The van der Waals surface area contributed by atoms with Crippen LogP contribution in [0.1, 0.15) is 18.2 Å². The van der Waals surface area contributed by atoms with Gasteiger partial charge in [0.05, 0.1) is 11.2 Å². The summed E-state index contributed by atoms with van der Waals surface area (Å²) in [6, 6.07) is 15.4.